The Bertz CT molecular complexity index is 564. The van der Waals surface area contributed by atoms with Crippen molar-refractivity contribution < 1.29 is 0 Å². The van der Waals surface area contributed by atoms with Crippen LogP contribution in [0.4, 0.5) is 0 Å². The Morgan fingerprint density at radius 2 is 1.71 bits per heavy atom. The Morgan fingerprint density at radius 3 is 2.36 bits per heavy atom. The summed E-state index contributed by atoms with van der Waals surface area (Å²) in [5, 5.41) is 0. The van der Waals surface area contributed by atoms with E-state index in [-0.39, 0.29) is 5.69 Å². The van der Waals surface area contributed by atoms with E-state index in [0.29, 0.717) is 5.65 Å². The second-order valence-electron chi connectivity index (χ2n) is 3.43. The van der Waals surface area contributed by atoms with Gasteiger partial charge in [0.05, 0.1) is 5.69 Å². The van der Waals surface area contributed by atoms with Gasteiger partial charge in [0.2, 0.25) is 0 Å². The van der Waals surface area contributed by atoms with E-state index in [1.165, 1.54) is 4.57 Å². The van der Waals surface area contributed by atoms with E-state index in [1.54, 1.807) is 7.05 Å². The van der Waals surface area contributed by atoms with Crippen LogP contribution in [0.5, 0.6) is 0 Å². The Balaban J connectivity index is 3.09. The van der Waals surface area contributed by atoms with E-state index >= 15 is 0 Å². The topological polar surface area (TPSA) is 52.7 Å². The van der Waals surface area contributed by atoms with Gasteiger partial charge in [0.15, 0.2) is 5.65 Å². The van der Waals surface area contributed by atoms with Crippen molar-refractivity contribution in [3.63, 3.8) is 0 Å². The molecule has 2 aromatic heterocycles. The molecule has 0 amide bonds. The van der Waals surface area contributed by atoms with Gasteiger partial charge in [0, 0.05) is 14.1 Å². The van der Waals surface area contributed by atoms with Crippen LogP contribution in [0.2, 0.25) is 0 Å². The number of hydrogen-bond acceptors (Lipinski definition) is 3. The van der Waals surface area contributed by atoms with Crippen molar-refractivity contribution in [3.8, 4) is 0 Å². The molecule has 0 atom stereocenters. The number of fused-ring (bicyclic) bond motifs is 1. The summed E-state index contributed by atoms with van der Waals surface area (Å²) in [5.41, 5.74) is 2.09. The molecule has 0 radical (unpaired) electrons. The van der Waals surface area contributed by atoms with Gasteiger partial charge in [0.25, 0.3) is 0 Å². The van der Waals surface area contributed by atoms with E-state index in [1.807, 2.05) is 25.5 Å². The minimum absolute atomic E-state index is 0.256. The van der Waals surface area contributed by atoms with Gasteiger partial charge in [-0.15, -0.1) is 0 Å². The highest BCUT2D eigenvalue weighted by molar-refractivity contribution is 5.74. The van der Waals surface area contributed by atoms with E-state index in [2.05, 4.69) is 9.97 Å². The third-order valence-corrected chi connectivity index (χ3v) is 2.51. The summed E-state index contributed by atoms with van der Waals surface area (Å²) >= 11 is 0. The normalized spacial score (nSPS) is 11.1. The molecule has 0 saturated carbocycles. The lowest BCUT2D eigenvalue weighted by molar-refractivity contribution is 0.828. The molecule has 0 spiro atoms. The zero-order valence-corrected chi connectivity index (χ0v) is 8.70. The first-order valence-electron chi connectivity index (χ1n) is 4.39. The third kappa shape index (κ3) is 0.982. The van der Waals surface area contributed by atoms with Crippen LogP contribution < -0.4 is 5.69 Å². The number of imidazole rings is 1. The lowest BCUT2D eigenvalue weighted by atomic mass is 10.4. The molecular formula is C9H12N4O. The molecule has 5 nitrogen and oxygen atoms in total. The van der Waals surface area contributed by atoms with Gasteiger partial charge < -0.3 is 4.57 Å². The molecule has 0 bridgehead atoms. The van der Waals surface area contributed by atoms with Crippen molar-refractivity contribution in [2.45, 2.75) is 13.8 Å². The maximum atomic E-state index is 11.4. The highest BCUT2D eigenvalue weighted by atomic mass is 16.1. The fraction of sp³-hybridized carbons (Fsp3) is 0.444. The quantitative estimate of drug-likeness (QED) is 0.602. The van der Waals surface area contributed by atoms with E-state index in [4.69, 9.17) is 0 Å². The molecule has 2 rings (SSSR count). The highest BCUT2D eigenvalue weighted by Gasteiger charge is 2.11. The van der Waals surface area contributed by atoms with Crippen molar-refractivity contribution in [1.29, 1.82) is 0 Å². The number of nitrogens with zero attached hydrogens (tertiary/aromatic N) is 4. The molecule has 0 unspecified atom stereocenters. The van der Waals surface area contributed by atoms with Crippen LogP contribution in [0.3, 0.4) is 0 Å². The Morgan fingerprint density at radius 1 is 1.07 bits per heavy atom. The summed E-state index contributed by atoms with van der Waals surface area (Å²) in [6.07, 6.45) is 0. The van der Waals surface area contributed by atoms with E-state index in [0.717, 1.165) is 17.0 Å². The molecule has 14 heavy (non-hydrogen) atoms. The number of aryl methyl sites for hydroxylation is 4. The fourth-order valence-corrected chi connectivity index (χ4v) is 1.59. The Hall–Kier alpha value is -1.65. The largest absolute Gasteiger partial charge is 0.349 e. The number of rotatable bonds is 0. The monoisotopic (exact) mass is 192 g/mol. The number of aromatic nitrogens is 4. The van der Waals surface area contributed by atoms with Gasteiger partial charge in [-0.25, -0.2) is 9.78 Å². The number of hydrogen-bond donors (Lipinski definition) is 0. The summed E-state index contributed by atoms with van der Waals surface area (Å²) in [7, 11) is 3.60. The Labute approximate surface area is 81.0 Å². The van der Waals surface area contributed by atoms with Gasteiger partial charge in [0.1, 0.15) is 11.3 Å². The molecule has 0 aromatic carbocycles. The first-order valence-corrected chi connectivity index (χ1v) is 4.39. The molecule has 0 aliphatic carbocycles. The minimum atomic E-state index is -0.256. The van der Waals surface area contributed by atoms with Crippen LogP contribution in [0.25, 0.3) is 11.2 Å². The molecule has 74 valence electrons. The second-order valence-corrected chi connectivity index (χ2v) is 3.43. The zero-order valence-electron chi connectivity index (χ0n) is 8.70. The Kier molecular flexibility index (Phi) is 1.70. The zero-order chi connectivity index (χ0) is 10.5. The SMILES string of the molecule is Cc1nc(=O)n(C)c2nc(C)n(C)c12. The minimum Gasteiger partial charge on any atom is -0.329 e. The second kappa shape index (κ2) is 2.67. The first kappa shape index (κ1) is 8.93. The molecule has 0 aliphatic heterocycles. The lowest BCUT2D eigenvalue weighted by Gasteiger charge is -2.01. The highest BCUT2D eigenvalue weighted by Crippen LogP contribution is 2.13. The lowest BCUT2D eigenvalue weighted by Crippen LogP contribution is -2.21. The van der Waals surface area contributed by atoms with E-state index < -0.39 is 0 Å². The van der Waals surface area contributed by atoms with Crippen LogP contribution in [0.1, 0.15) is 11.5 Å². The predicted octanol–water partition coefficient (Wildman–Crippen LogP) is 0.284. The summed E-state index contributed by atoms with van der Waals surface area (Å²) in [4.78, 5) is 19.6. The summed E-state index contributed by atoms with van der Waals surface area (Å²) in [5.74, 6) is 0.881. The molecule has 0 aliphatic rings. The molecule has 0 fully saturated rings. The summed E-state index contributed by atoms with van der Waals surface area (Å²) in [6, 6.07) is 0. The van der Waals surface area contributed by atoms with Crippen molar-refractivity contribution in [3.05, 3.63) is 22.0 Å². The molecule has 2 heterocycles. The van der Waals surface area contributed by atoms with Crippen LogP contribution in [0.15, 0.2) is 4.79 Å². The average Bonchev–Trinajstić information content (AvgIpc) is 2.40. The fourth-order valence-electron chi connectivity index (χ4n) is 1.59. The van der Waals surface area contributed by atoms with Crippen LogP contribution in [-0.2, 0) is 14.1 Å². The average molecular weight is 192 g/mol. The van der Waals surface area contributed by atoms with Crippen molar-refractivity contribution in [2.24, 2.45) is 14.1 Å². The molecule has 2 aromatic rings. The maximum Gasteiger partial charge on any atom is 0.349 e. The van der Waals surface area contributed by atoms with Gasteiger partial charge in [-0.05, 0) is 13.8 Å². The van der Waals surface area contributed by atoms with Gasteiger partial charge >= 0.3 is 5.69 Å². The maximum absolute atomic E-state index is 11.4. The molecular weight excluding hydrogens is 180 g/mol. The predicted molar refractivity (Wildman–Crippen MR) is 53.2 cm³/mol. The molecule has 0 saturated heterocycles. The van der Waals surface area contributed by atoms with Crippen molar-refractivity contribution in [1.82, 2.24) is 19.1 Å². The van der Waals surface area contributed by atoms with E-state index in [9.17, 15) is 4.79 Å². The van der Waals surface area contributed by atoms with Crippen molar-refractivity contribution in [2.75, 3.05) is 0 Å². The summed E-state index contributed by atoms with van der Waals surface area (Å²) < 4.78 is 3.41. The standard InChI is InChI=1S/C9H12N4O/c1-5-7-8(11-6(2)12(7)3)13(4)9(14)10-5/h1-4H3. The van der Waals surface area contributed by atoms with Crippen LogP contribution in [0, 0.1) is 13.8 Å². The third-order valence-electron chi connectivity index (χ3n) is 2.51. The molecule has 0 N–H and O–H groups in total. The first-order chi connectivity index (χ1) is 6.52. The summed E-state index contributed by atoms with van der Waals surface area (Å²) in [6.45, 7) is 3.73. The van der Waals surface area contributed by atoms with Gasteiger partial charge in [-0.1, -0.05) is 0 Å². The van der Waals surface area contributed by atoms with Crippen LogP contribution >= 0.6 is 0 Å². The van der Waals surface area contributed by atoms with Crippen LogP contribution in [-0.4, -0.2) is 19.1 Å². The smallest absolute Gasteiger partial charge is 0.329 e. The molecule has 5 heteroatoms. The van der Waals surface area contributed by atoms with Gasteiger partial charge in [-0.2, -0.15) is 4.98 Å². The van der Waals surface area contributed by atoms with Gasteiger partial charge in [-0.3, -0.25) is 4.57 Å². The van der Waals surface area contributed by atoms with Crippen molar-refractivity contribution >= 4 is 11.2 Å².